The van der Waals surface area contributed by atoms with Crippen LogP contribution in [0.4, 0.5) is 0 Å². The van der Waals surface area contributed by atoms with Gasteiger partial charge in [0.1, 0.15) is 5.75 Å². The van der Waals surface area contributed by atoms with E-state index in [1.807, 2.05) is 6.92 Å². The molecule has 2 rings (SSSR count). The van der Waals surface area contributed by atoms with Crippen LogP contribution in [0.25, 0.3) is 0 Å². The third-order valence-electron chi connectivity index (χ3n) is 4.23. The number of aryl methyl sites for hydroxylation is 2. The molecule has 0 saturated heterocycles. The molecular formula is C16H23NO3. The summed E-state index contributed by atoms with van der Waals surface area (Å²) < 4.78 is 0. The molecule has 0 spiro atoms. The molecule has 1 fully saturated rings. The van der Waals surface area contributed by atoms with Crippen molar-refractivity contribution in [2.75, 3.05) is 0 Å². The fourth-order valence-corrected chi connectivity index (χ4v) is 2.85. The summed E-state index contributed by atoms with van der Waals surface area (Å²) in [5, 5.41) is 22.2. The number of carbonyl (C=O) groups excluding carboxylic acids is 1. The number of aliphatic hydroxyl groups excluding tert-OH is 1. The average Bonchev–Trinajstić information content (AvgIpc) is 2.38. The van der Waals surface area contributed by atoms with Gasteiger partial charge in [0.2, 0.25) is 0 Å². The van der Waals surface area contributed by atoms with Crippen LogP contribution in [0.1, 0.15) is 47.7 Å². The van der Waals surface area contributed by atoms with Gasteiger partial charge in [0, 0.05) is 11.6 Å². The molecular weight excluding hydrogens is 254 g/mol. The first kappa shape index (κ1) is 14.9. The van der Waals surface area contributed by atoms with E-state index >= 15 is 0 Å². The molecule has 0 heterocycles. The lowest BCUT2D eigenvalue weighted by Crippen LogP contribution is -2.46. The Morgan fingerprint density at radius 2 is 1.90 bits per heavy atom. The quantitative estimate of drug-likeness (QED) is 0.791. The van der Waals surface area contributed by atoms with Gasteiger partial charge in [-0.2, -0.15) is 0 Å². The van der Waals surface area contributed by atoms with Gasteiger partial charge < -0.3 is 15.5 Å². The summed E-state index contributed by atoms with van der Waals surface area (Å²) in [7, 11) is 0. The zero-order chi connectivity index (χ0) is 14.9. The highest BCUT2D eigenvalue weighted by atomic mass is 16.3. The number of aliphatic hydroxyl groups is 1. The Morgan fingerprint density at radius 1 is 1.35 bits per heavy atom. The van der Waals surface area contributed by atoms with Crippen molar-refractivity contribution in [2.24, 2.45) is 5.92 Å². The fraction of sp³-hybridized carbons (Fsp3) is 0.562. The number of hydrogen-bond acceptors (Lipinski definition) is 3. The zero-order valence-electron chi connectivity index (χ0n) is 12.3. The van der Waals surface area contributed by atoms with Gasteiger partial charge in [0.05, 0.1) is 6.10 Å². The van der Waals surface area contributed by atoms with E-state index in [4.69, 9.17) is 0 Å². The predicted octanol–water partition coefficient (Wildman–Crippen LogP) is 2.29. The standard InChI is InChI=1S/C16H23NO3/c1-4-14(11-7-13(18)8-11)17-16(20)12-5-9(2)15(19)10(3)6-12/h5-6,11,13-14,18-19H,4,7-8H2,1-3H3,(H,17,20)/t11?,13?,14-/m0/s1. The summed E-state index contributed by atoms with van der Waals surface area (Å²) in [4.78, 5) is 12.3. The Morgan fingerprint density at radius 3 is 2.35 bits per heavy atom. The van der Waals surface area contributed by atoms with E-state index in [1.165, 1.54) is 0 Å². The molecule has 110 valence electrons. The van der Waals surface area contributed by atoms with E-state index in [0.29, 0.717) is 22.6 Å². The van der Waals surface area contributed by atoms with Gasteiger partial charge in [-0.1, -0.05) is 6.92 Å². The summed E-state index contributed by atoms with van der Waals surface area (Å²) >= 11 is 0. The second-order valence-electron chi connectivity index (χ2n) is 5.83. The average molecular weight is 277 g/mol. The minimum Gasteiger partial charge on any atom is -0.507 e. The van der Waals surface area contributed by atoms with Crippen LogP contribution in [0.2, 0.25) is 0 Å². The first-order chi connectivity index (χ1) is 9.42. The van der Waals surface area contributed by atoms with Crippen molar-refractivity contribution in [3.63, 3.8) is 0 Å². The highest BCUT2D eigenvalue weighted by molar-refractivity contribution is 5.95. The Balaban J connectivity index is 2.07. The molecule has 1 aliphatic rings. The summed E-state index contributed by atoms with van der Waals surface area (Å²) in [5.74, 6) is 0.512. The van der Waals surface area contributed by atoms with E-state index in [9.17, 15) is 15.0 Å². The molecule has 1 atom stereocenters. The van der Waals surface area contributed by atoms with Crippen LogP contribution in [0.15, 0.2) is 12.1 Å². The predicted molar refractivity (Wildman–Crippen MR) is 77.9 cm³/mol. The minimum absolute atomic E-state index is 0.107. The second-order valence-corrected chi connectivity index (χ2v) is 5.83. The van der Waals surface area contributed by atoms with Crippen molar-refractivity contribution < 1.29 is 15.0 Å². The first-order valence-electron chi connectivity index (χ1n) is 7.21. The van der Waals surface area contributed by atoms with Gasteiger partial charge in [-0.3, -0.25) is 4.79 Å². The van der Waals surface area contributed by atoms with Crippen molar-refractivity contribution in [2.45, 2.75) is 52.2 Å². The minimum atomic E-state index is -0.205. The SMILES string of the molecule is CC[C@H](NC(=O)c1cc(C)c(O)c(C)c1)C1CC(O)C1. The summed E-state index contributed by atoms with van der Waals surface area (Å²) in [6, 6.07) is 3.53. The van der Waals surface area contributed by atoms with Gasteiger partial charge in [-0.25, -0.2) is 0 Å². The Labute approximate surface area is 119 Å². The van der Waals surface area contributed by atoms with Gasteiger partial charge >= 0.3 is 0 Å². The molecule has 1 aromatic rings. The molecule has 20 heavy (non-hydrogen) atoms. The Bertz CT molecular complexity index is 483. The topological polar surface area (TPSA) is 69.6 Å². The highest BCUT2D eigenvalue weighted by Gasteiger charge is 2.33. The van der Waals surface area contributed by atoms with Gasteiger partial charge in [0.15, 0.2) is 0 Å². The number of nitrogens with one attached hydrogen (secondary N) is 1. The molecule has 1 saturated carbocycles. The third kappa shape index (κ3) is 2.96. The number of amides is 1. The van der Waals surface area contributed by atoms with Gasteiger partial charge in [0.25, 0.3) is 5.91 Å². The first-order valence-corrected chi connectivity index (χ1v) is 7.21. The molecule has 1 aromatic carbocycles. The maximum Gasteiger partial charge on any atom is 0.251 e. The van der Waals surface area contributed by atoms with Crippen LogP contribution in [0, 0.1) is 19.8 Å². The second kappa shape index (κ2) is 5.83. The summed E-state index contributed by atoms with van der Waals surface area (Å²) in [5.41, 5.74) is 2.00. The molecule has 4 heteroatoms. The molecule has 1 aliphatic carbocycles. The molecule has 0 bridgehead atoms. The fourth-order valence-electron chi connectivity index (χ4n) is 2.85. The smallest absolute Gasteiger partial charge is 0.251 e. The lowest BCUT2D eigenvalue weighted by atomic mass is 9.76. The van der Waals surface area contributed by atoms with Crippen molar-refractivity contribution >= 4 is 5.91 Å². The Hall–Kier alpha value is -1.55. The van der Waals surface area contributed by atoms with E-state index in [-0.39, 0.29) is 23.8 Å². The number of phenolic OH excluding ortho intramolecular Hbond substituents is 1. The van der Waals surface area contributed by atoms with Crippen LogP contribution in [0.3, 0.4) is 0 Å². The highest BCUT2D eigenvalue weighted by Crippen LogP contribution is 2.31. The third-order valence-corrected chi connectivity index (χ3v) is 4.23. The number of rotatable bonds is 4. The number of hydrogen-bond donors (Lipinski definition) is 3. The number of carbonyl (C=O) groups is 1. The van der Waals surface area contributed by atoms with Gasteiger partial charge in [-0.15, -0.1) is 0 Å². The largest absolute Gasteiger partial charge is 0.507 e. The maximum absolute atomic E-state index is 12.3. The molecule has 0 aromatic heterocycles. The van der Waals surface area contributed by atoms with Crippen molar-refractivity contribution in [1.82, 2.24) is 5.32 Å². The van der Waals surface area contributed by atoms with Crippen molar-refractivity contribution in [3.8, 4) is 5.75 Å². The molecule has 4 nitrogen and oxygen atoms in total. The van der Waals surface area contributed by atoms with Crippen LogP contribution in [-0.2, 0) is 0 Å². The molecule has 0 unspecified atom stereocenters. The van der Waals surface area contributed by atoms with Crippen LogP contribution in [-0.4, -0.2) is 28.3 Å². The maximum atomic E-state index is 12.3. The molecule has 0 aliphatic heterocycles. The summed E-state index contributed by atoms with van der Waals surface area (Å²) in [6.45, 7) is 5.63. The lowest BCUT2D eigenvalue weighted by molar-refractivity contribution is 0.0232. The zero-order valence-corrected chi connectivity index (χ0v) is 12.3. The van der Waals surface area contributed by atoms with Gasteiger partial charge in [-0.05, 0) is 62.3 Å². The van der Waals surface area contributed by atoms with Crippen LogP contribution >= 0.6 is 0 Å². The molecule has 3 N–H and O–H groups in total. The van der Waals surface area contributed by atoms with Crippen molar-refractivity contribution in [3.05, 3.63) is 28.8 Å². The van der Waals surface area contributed by atoms with E-state index in [1.54, 1.807) is 26.0 Å². The monoisotopic (exact) mass is 277 g/mol. The van der Waals surface area contributed by atoms with Crippen LogP contribution in [0.5, 0.6) is 5.75 Å². The van der Waals surface area contributed by atoms with E-state index in [2.05, 4.69) is 5.32 Å². The normalized spacial score (nSPS) is 23.0. The molecule has 1 amide bonds. The van der Waals surface area contributed by atoms with Crippen molar-refractivity contribution in [1.29, 1.82) is 0 Å². The van der Waals surface area contributed by atoms with Crippen LogP contribution < -0.4 is 5.32 Å². The number of benzene rings is 1. The summed E-state index contributed by atoms with van der Waals surface area (Å²) in [6.07, 6.45) is 2.20. The molecule has 0 radical (unpaired) electrons. The van der Waals surface area contributed by atoms with E-state index < -0.39 is 0 Å². The van der Waals surface area contributed by atoms with E-state index in [0.717, 1.165) is 19.3 Å². The number of aromatic hydroxyl groups is 1. The number of phenols is 1. The lowest BCUT2D eigenvalue weighted by Gasteiger charge is -2.37. The Kier molecular flexibility index (Phi) is 4.33.